The summed E-state index contributed by atoms with van der Waals surface area (Å²) < 4.78 is 40.5. The van der Waals surface area contributed by atoms with Crippen LogP contribution in [0, 0.1) is 0 Å². The number of phenolic OH excluding ortho intramolecular Hbond substituents is 1. The zero-order chi connectivity index (χ0) is 20.4. The SMILES string of the molecule is C=C(C(=O)c1cc(Br)c(O)c(Br)c1)n1ccc(C(F)(F)F)nc1=NCCC. The summed E-state index contributed by atoms with van der Waals surface area (Å²) in [5.74, 6) is -0.643. The van der Waals surface area contributed by atoms with Crippen molar-refractivity contribution in [3.05, 3.63) is 56.8 Å². The third-order valence-corrected chi connectivity index (χ3v) is 4.63. The van der Waals surface area contributed by atoms with Crippen molar-refractivity contribution in [3.8, 4) is 5.75 Å². The van der Waals surface area contributed by atoms with E-state index >= 15 is 0 Å². The van der Waals surface area contributed by atoms with E-state index in [1.54, 1.807) is 0 Å². The minimum atomic E-state index is -4.63. The molecule has 1 N–H and O–H groups in total. The van der Waals surface area contributed by atoms with Gasteiger partial charge in [-0.2, -0.15) is 13.2 Å². The molecule has 0 aliphatic heterocycles. The number of carbonyl (C=O) groups is 1. The number of phenols is 1. The van der Waals surface area contributed by atoms with Gasteiger partial charge < -0.3 is 5.11 Å². The molecule has 0 aliphatic carbocycles. The molecule has 0 radical (unpaired) electrons. The number of carbonyl (C=O) groups excluding carboxylic acids is 1. The third kappa shape index (κ3) is 4.86. The predicted molar refractivity (Wildman–Crippen MR) is 101 cm³/mol. The normalized spacial score (nSPS) is 12.3. The molecule has 144 valence electrons. The molecule has 0 spiro atoms. The zero-order valence-corrected chi connectivity index (χ0v) is 17.2. The van der Waals surface area contributed by atoms with Gasteiger partial charge in [-0.3, -0.25) is 14.4 Å². The highest BCUT2D eigenvalue weighted by Gasteiger charge is 2.33. The van der Waals surface area contributed by atoms with Crippen molar-refractivity contribution in [1.29, 1.82) is 0 Å². The van der Waals surface area contributed by atoms with Crippen LogP contribution in [0.2, 0.25) is 0 Å². The fourth-order valence-corrected chi connectivity index (χ4v) is 3.26. The highest BCUT2D eigenvalue weighted by Crippen LogP contribution is 2.34. The molecule has 2 aromatic rings. The average Bonchev–Trinajstić information content (AvgIpc) is 2.61. The maximum absolute atomic E-state index is 12.9. The van der Waals surface area contributed by atoms with Crippen LogP contribution in [0.15, 0.2) is 44.9 Å². The molecule has 10 heteroatoms. The summed E-state index contributed by atoms with van der Waals surface area (Å²) in [6.07, 6.45) is -2.97. The minimum Gasteiger partial charge on any atom is -0.506 e. The number of aromatic nitrogens is 2. The first kappa shape index (κ1) is 21.4. The Morgan fingerprint density at radius 1 is 1.33 bits per heavy atom. The Morgan fingerprint density at radius 3 is 2.44 bits per heavy atom. The van der Waals surface area contributed by atoms with Crippen LogP contribution in [-0.2, 0) is 6.18 Å². The maximum Gasteiger partial charge on any atom is 0.433 e. The molecule has 0 amide bonds. The van der Waals surface area contributed by atoms with Crippen molar-refractivity contribution < 1.29 is 23.1 Å². The lowest BCUT2D eigenvalue weighted by molar-refractivity contribution is -0.141. The smallest absolute Gasteiger partial charge is 0.433 e. The first-order chi connectivity index (χ1) is 12.6. The molecule has 0 aliphatic rings. The summed E-state index contributed by atoms with van der Waals surface area (Å²) in [5.41, 5.74) is -1.33. The number of alkyl halides is 3. The van der Waals surface area contributed by atoms with Crippen LogP contribution in [-0.4, -0.2) is 27.0 Å². The van der Waals surface area contributed by atoms with E-state index in [-0.39, 0.29) is 38.1 Å². The van der Waals surface area contributed by atoms with E-state index in [0.717, 1.165) is 16.8 Å². The minimum absolute atomic E-state index is 0.0837. The molecule has 1 aromatic carbocycles. The lowest BCUT2D eigenvalue weighted by atomic mass is 10.1. The van der Waals surface area contributed by atoms with Crippen molar-refractivity contribution in [2.24, 2.45) is 4.99 Å². The van der Waals surface area contributed by atoms with Crippen molar-refractivity contribution in [2.45, 2.75) is 19.5 Å². The van der Waals surface area contributed by atoms with E-state index < -0.39 is 17.7 Å². The van der Waals surface area contributed by atoms with Crippen LogP contribution < -0.4 is 5.62 Å². The standard InChI is InChI=1S/C17H14Br2F3N3O2/c1-3-5-23-16-24-13(17(20,21)22)4-6-25(16)9(2)14(26)10-7-11(18)15(27)12(19)8-10/h4,6-8,27H,2-3,5H2,1H3. The largest absolute Gasteiger partial charge is 0.506 e. The number of nitrogens with zero attached hydrogens (tertiary/aromatic N) is 3. The number of hydrogen-bond donors (Lipinski definition) is 1. The lowest BCUT2D eigenvalue weighted by Crippen LogP contribution is -2.29. The maximum atomic E-state index is 12.9. The van der Waals surface area contributed by atoms with E-state index in [1.807, 2.05) is 6.92 Å². The predicted octanol–water partition coefficient (Wildman–Crippen LogP) is 4.80. The highest BCUT2D eigenvalue weighted by atomic mass is 79.9. The molecule has 2 rings (SSSR count). The fraction of sp³-hybridized carbons (Fsp3) is 0.235. The number of aromatic hydroxyl groups is 1. The van der Waals surface area contributed by atoms with Gasteiger partial charge in [-0.05, 0) is 56.5 Å². The summed E-state index contributed by atoms with van der Waals surface area (Å²) in [5, 5.41) is 9.75. The Balaban J connectivity index is 2.53. The second kappa shape index (κ2) is 8.39. The summed E-state index contributed by atoms with van der Waals surface area (Å²) in [7, 11) is 0. The molecule has 1 heterocycles. The van der Waals surface area contributed by atoms with Gasteiger partial charge in [-0.15, -0.1) is 0 Å². The van der Waals surface area contributed by atoms with Gasteiger partial charge in [0.25, 0.3) is 0 Å². The fourth-order valence-electron chi connectivity index (χ4n) is 2.08. The monoisotopic (exact) mass is 507 g/mol. The van der Waals surface area contributed by atoms with Crippen LogP contribution in [0.1, 0.15) is 29.4 Å². The first-order valence-electron chi connectivity index (χ1n) is 7.65. The van der Waals surface area contributed by atoms with E-state index in [1.165, 1.54) is 12.1 Å². The molecule has 0 atom stereocenters. The van der Waals surface area contributed by atoms with Crippen molar-refractivity contribution >= 4 is 43.3 Å². The summed E-state index contributed by atoms with van der Waals surface area (Å²) in [6.45, 7) is 5.74. The quantitative estimate of drug-likeness (QED) is 0.466. The van der Waals surface area contributed by atoms with Crippen molar-refractivity contribution in [2.75, 3.05) is 6.54 Å². The molecule has 0 saturated heterocycles. The second-order valence-corrected chi connectivity index (χ2v) is 7.14. The molecule has 5 nitrogen and oxygen atoms in total. The van der Waals surface area contributed by atoms with Crippen LogP contribution in [0.25, 0.3) is 5.70 Å². The Kier molecular flexibility index (Phi) is 6.63. The van der Waals surface area contributed by atoms with Crippen LogP contribution >= 0.6 is 31.9 Å². The molecular formula is C17H14Br2F3N3O2. The first-order valence-corrected chi connectivity index (χ1v) is 9.24. The summed E-state index contributed by atoms with van der Waals surface area (Å²) in [6, 6.07) is 3.52. The molecule has 0 bridgehead atoms. The Hall–Kier alpha value is -1.94. The van der Waals surface area contributed by atoms with E-state index in [9.17, 15) is 23.1 Å². The summed E-state index contributed by atoms with van der Waals surface area (Å²) in [4.78, 5) is 20.3. The lowest BCUT2D eigenvalue weighted by Gasteiger charge is -2.13. The number of hydrogen-bond acceptors (Lipinski definition) is 4. The van der Waals surface area contributed by atoms with Crippen LogP contribution in [0.3, 0.4) is 0 Å². The van der Waals surface area contributed by atoms with Crippen molar-refractivity contribution in [3.63, 3.8) is 0 Å². The Morgan fingerprint density at radius 2 is 1.93 bits per heavy atom. The number of halogens is 5. The van der Waals surface area contributed by atoms with Crippen molar-refractivity contribution in [1.82, 2.24) is 9.55 Å². The molecule has 27 heavy (non-hydrogen) atoms. The van der Waals surface area contributed by atoms with Gasteiger partial charge in [-0.25, -0.2) is 4.98 Å². The Labute approximate surface area is 169 Å². The molecule has 0 saturated carbocycles. The van der Waals surface area contributed by atoms with Gasteiger partial charge in [0.05, 0.1) is 14.6 Å². The topological polar surface area (TPSA) is 67.5 Å². The molecule has 0 fully saturated rings. The zero-order valence-electron chi connectivity index (χ0n) is 14.0. The molecular weight excluding hydrogens is 495 g/mol. The number of Topliss-reactive ketones (excluding diaryl/α,β-unsaturated/α-hetero) is 1. The number of allylic oxidation sites excluding steroid dienone is 1. The third-order valence-electron chi connectivity index (χ3n) is 3.42. The van der Waals surface area contributed by atoms with Crippen LogP contribution in [0.5, 0.6) is 5.75 Å². The number of benzene rings is 1. The average molecular weight is 509 g/mol. The van der Waals surface area contributed by atoms with Crippen LogP contribution in [0.4, 0.5) is 13.2 Å². The van der Waals surface area contributed by atoms with Gasteiger partial charge in [0.15, 0.2) is 0 Å². The molecule has 1 aromatic heterocycles. The number of ketones is 1. The van der Waals surface area contributed by atoms with Gasteiger partial charge in [0, 0.05) is 18.3 Å². The van der Waals surface area contributed by atoms with E-state index in [2.05, 4.69) is 48.4 Å². The number of rotatable bonds is 5. The summed E-state index contributed by atoms with van der Waals surface area (Å²) >= 11 is 6.25. The van der Waals surface area contributed by atoms with E-state index in [4.69, 9.17) is 0 Å². The molecule has 0 unspecified atom stereocenters. The van der Waals surface area contributed by atoms with Gasteiger partial charge >= 0.3 is 6.18 Å². The highest BCUT2D eigenvalue weighted by molar-refractivity contribution is 9.11. The van der Waals surface area contributed by atoms with Gasteiger partial charge in [0.1, 0.15) is 11.4 Å². The van der Waals surface area contributed by atoms with Gasteiger partial charge in [-0.1, -0.05) is 13.5 Å². The van der Waals surface area contributed by atoms with E-state index in [0.29, 0.717) is 6.42 Å². The Bertz CT molecular complexity index is 946. The second-order valence-electron chi connectivity index (χ2n) is 5.43. The van der Waals surface area contributed by atoms with Gasteiger partial charge in [0.2, 0.25) is 11.4 Å².